The maximum Gasteiger partial charge on any atom is 0.340 e. The second-order valence-corrected chi connectivity index (χ2v) is 6.46. The lowest BCUT2D eigenvalue weighted by molar-refractivity contribution is -0.124. The fourth-order valence-electron chi connectivity index (χ4n) is 3.26. The van der Waals surface area contributed by atoms with Gasteiger partial charge in [-0.15, -0.1) is 0 Å². The number of carbonyl (C=O) groups excluding carboxylic acids is 2. The van der Waals surface area contributed by atoms with E-state index >= 15 is 0 Å². The van der Waals surface area contributed by atoms with E-state index in [-0.39, 0.29) is 12.5 Å². The van der Waals surface area contributed by atoms with Gasteiger partial charge in [0.25, 0.3) is 5.91 Å². The molecule has 0 unspecified atom stereocenters. The second kappa shape index (κ2) is 8.01. The molecule has 0 spiro atoms. The Hall–Kier alpha value is -2.56. The molecule has 1 aliphatic carbocycles. The first-order chi connectivity index (χ1) is 12.1. The molecule has 1 aromatic carbocycles. The number of amides is 1. The highest BCUT2D eigenvalue weighted by Crippen LogP contribution is 2.21. The van der Waals surface area contributed by atoms with Crippen LogP contribution in [-0.4, -0.2) is 29.6 Å². The van der Waals surface area contributed by atoms with Gasteiger partial charge in [0.1, 0.15) is 0 Å². The number of allylic oxidation sites excluding steroid dienone is 1. The number of nitrogens with one attached hydrogen (secondary N) is 1. The first-order valence-corrected chi connectivity index (χ1v) is 8.81. The third-order valence-electron chi connectivity index (χ3n) is 4.60. The number of para-hydroxylation sites is 1. The summed E-state index contributed by atoms with van der Waals surface area (Å²) in [6, 6.07) is 7.63. The number of fused-ring (bicyclic) bond motifs is 1. The van der Waals surface area contributed by atoms with Gasteiger partial charge in [-0.3, -0.25) is 4.79 Å². The van der Waals surface area contributed by atoms with Crippen LogP contribution in [0.2, 0.25) is 0 Å². The standard InChI is InChI=1S/C20H24N2O3/c1-22-13-17(16-9-5-6-10-18(16)22)20(24)25-14-19(23)21-12-11-15-7-3-2-4-8-15/h5-7,9-10,13H,2-4,8,11-12,14H2,1H3,(H,21,23). The van der Waals surface area contributed by atoms with Crippen LogP contribution in [0.4, 0.5) is 0 Å². The van der Waals surface area contributed by atoms with Gasteiger partial charge in [-0.1, -0.05) is 29.8 Å². The molecule has 5 heteroatoms. The molecule has 1 N–H and O–H groups in total. The molecular formula is C20H24N2O3. The maximum absolute atomic E-state index is 12.3. The average molecular weight is 340 g/mol. The molecule has 1 aromatic heterocycles. The number of hydrogen-bond donors (Lipinski definition) is 1. The number of aryl methyl sites for hydroxylation is 1. The minimum Gasteiger partial charge on any atom is -0.452 e. The van der Waals surface area contributed by atoms with Gasteiger partial charge >= 0.3 is 5.97 Å². The molecule has 1 aliphatic rings. The van der Waals surface area contributed by atoms with E-state index in [1.54, 1.807) is 6.20 Å². The van der Waals surface area contributed by atoms with E-state index in [1.165, 1.54) is 18.4 Å². The third kappa shape index (κ3) is 4.29. The summed E-state index contributed by atoms with van der Waals surface area (Å²) in [6.07, 6.45) is 9.67. The van der Waals surface area contributed by atoms with Crippen LogP contribution in [0.3, 0.4) is 0 Å². The van der Waals surface area contributed by atoms with Crippen molar-refractivity contribution in [1.82, 2.24) is 9.88 Å². The predicted molar refractivity (Wildman–Crippen MR) is 97.4 cm³/mol. The highest BCUT2D eigenvalue weighted by Gasteiger charge is 2.16. The number of benzene rings is 1. The van der Waals surface area contributed by atoms with Crippen molar-refractivity contribution in [2.75, 3.05) is 13.2 Å². The summed E-state index contributed by atoms with van der Waals surface area (Å²) in [6.45, 7) is 0.345. The monoisotopic (exact) mass is 340 g/mol. The van der Waals surface area contributed by atoms with E-state index in [0.29, 0.717) is 12.1 Å². The van der Waals surface area contributed by atoms with E-state index < -0.39 is 5.97 Å². The molecule has 5 nitrogen and oxygen atoms in total. The number of ether oxygens (including phenoxy) is 1. The first kappa shape index (κ1) is 17.3. The molecular weight excluding hydrogens is 316 g/mol. The van der Waals surface area contributed by atoms with Crippen LogP contribution in [0.5, 0.6) is 0 Å². The summed E-state index contributed by atoms with van der Waals surface area (Å²) < 4.78 is 7.05. The largest absolute Gasteiger partial charge is 0.452 e. The second-order valence-electron chi connectivity index (χ2n) is 6.46. The number of esters is 1. The highest BCUT2D eigenvalue weighted by molar-refractivity contribution is 6.04. The summed E-state index contributed by atoms with van der Waals surface area (Å²) in [5.74, 6) is -0.730. The zero-order valence-corrected chi connectivity index (χ0v) is 14.6. The van der Waals surface area contributed by atoms with Crippen molar-refractivity contribution in [2.24, 2.45) is 7.05 Å². The quantitative estimate of drug-likeness (QED) is 0.648. The molecule has 0 saturated carbocycles. The van der Waals surface area contributed by atoms with E-state index in [2.05, 4.69) is 11.4 Å². The number of nitrogens with zero attached hydrogens (tertiary/aromatic N) is 1. The van der Waals surface area contributed by atoms with Crippen LogP contribution in [0, 0.1) is 0 Å². The summed E-state index contributed by atoms with van der Waals surface area (Å²) in [4.78, 5) is 24.1. The van der Waals surface area contributed by atoms with E-state index in [9.17, 15) is 9.59 Å². The lowest BCUT2D eigenvalue weighted by Crippen LogP contribution is -2.29. The minimum absolute atomic E-state index is 0.249. The van der Waals surface area contributed by atoms with Gasteiger partial charge in [-0.05, 0) is 38.2 Å². The smallest absolute Gasteiger partial charge is 0.340 e. The summed E-state index contributed by atoms with van der Waals surface area (Å²) in [7, 11) is 1.88. The van der Waals surface area contributed by atoms with Crippen molar-refractivity contribution in [3.05, 3.63) is 47.7 Å². The zero-order chi connectivity index (χ0) is 17.6. The molecule has 2 aromatic rings. The van der Waals surface area contributed by atoms with Gasteiger partial charge in [-0.2, -0.15) is 0 Å². The van der Waals surface area contributed by atoms with E-state index in [4.69, 9.17) is 4.74 Å². The molecule has 0 bridgehead atoms. The molecule has 0 aliphatic heterocycles. The summed E-state index contributed by atoms with van der Waals surface area (Å²) in [5.41, 5.74) is 2.86. The Morgan fingerprint density at radius 1 is 1.24 bits per heavy atom. The zero-order valence-electron chi connectivity index (χ0n) is 14.6. The molecule has 1 heterocycles. The third-order valence-corrected chi connectivity index (χ3v) is 4.60. The normalized spacial score (nSPS) is 14.2. The van der Waals surface area contributed by atoms with Crippen LogP contribution < -0.4 is 5.32 Å². The Morgan fingerprint density at radius 2 is 2.08 bits per heavy atom. The van der Waals surface area contributed by atoms with Crippen LogP contribution in [0.1, 0.15) is 42.5 Å². The topological polar surface area (TPSA) is 60.3 Å². The first-order valence-electron chi connectivity index (χ1n) is 8.81. The van der Waals surface area contributed by atoms with Gasteiger partial charge < -0.3 is 14.6 Å². The molecule has 0 radical (unpaired) electrons. The van der Waals surface area contributed by atoms with E-state index in [0.717, 1.165) is 30.2 Å². The number of carbonyl (C=O) groups is 2. The Morgan fingerprint density at radius 3 is 2.88 bits per heavy atom. The summed E-state index contributed by atoms with van der Waals surface area (Å²) >= 11 is 0. The van der Waals surface area contributed by atoms with Crippen LogP contribution in [0.25, 0.3) is 10.9 Å². The maximum atomic E-state index is 12.3. The average Bonchev–Trinajstić information content (AvgIpc) is 2.98. The Labute approximate surface area is 147 Å². The van der Waals surface area contributed by atoms with Crippen molar-refractivity contribution >= 4 is 22.8 Å². The van der Waals surface area contributed by atoms with E-state index in [1.807, 2.05) is 35.9 Å². The van der Waals surface area contributed by atoms with Gasteiger partial charge in [0.05, 0.1) is 5.56 Å². The van der Waals surface area contributed by atoms with Gasteiger partial charge in [0.2, 0.25) is 0 Å². The number of aromatic nitrogens is 1. The summed E-state index contributed by atoms with van der Waals surface area (Å²) in [5, 5.41) is 3.65. The van der Waals surface area contributed by atoms with Crippen molar-refractivity contribution in [3.63, 3.8) is 0 Å². The van der Waals surface area contributed by atoms with Gasteiger partial charge in [0, 0.05) is 30.7 Å². The molecule has 1 amide bonds. The fourth-order valence-corrected chi connectivity index (χ4v) is 3.26. The van der Waals surface area contributed by atoms with Gasteiger partial charge in [-0.25, -0.2) is 4.79 Å². The molecule has 3 rings (SSSR count). The SMILES string of the molecule is Cn1cc(C(=O)OCC(=O)NCCC2=CCCCC2)c2ccccc21. The lowest BCUT2D eigenvalue weighted by Gasteiger charge is -2.13. The van der Waals surface area contributed by atoms with Crippen molar-refractivity contribution in [2.45, 2.75) is 32.1 Å². The van der Waals surface area contributed by atoms with Crippen molar-refractivity contribution in [1.29, 1.82) is 0 Å². The number of rotatable bonds is 6. The van der Waals surface area contributed by atoms with Crippen LogP contribution in [0.15, 0.2) is 42.1 Å². The molecule has 25 heavy (non-hydrogen) atoms. The fraction of sp³-hybridized carbons (Fsp3) is 0.400. The van der Waals surface area contributed by atoms with Gasteiger partial charge in [0.15, 0.2) is 6.61 Å². The van der Waals surface area contributed by atoms with Crippen molar-refractivity contribution in [3.8, 4) is 0 Å². The highest BCUT2D eigenvalue weighted by atomic mass is 16.5. The van der Waals surface area contributed by atoms with Crippen LogP contribution >= 0.6 is 0 Å². The minimum atomic E-state index is -0.470. The molecule has 0 fully saturated rings. The molecule has 0 atom stereocenters. The molecule has 132 valence electrons. The Bertz CT molecular complexity index is 804. The Kier molecular flexibility index (Phi) is 5.53. The van der Waals surface area contributed by atoms with Crippen molar-refractivity contribution < 1.29 is 14.3 Å². The predicted octanol–water partition coefficient (Wildman–Crippen LogP) is 3.34. The van der Waals surface area contributed by atoms with Crippen LogP contribution in [-0.2, 0) is 16.6 Å². The Balaban J connectivity index is 1.48. The molecule has 0 saturated heterocycles. The lowest BCUT2D eigenvalue weighted by atomic mass is 9.97. The number of hydrogen-bond acceptors (Lipinski definition) is 3.